The van der Waals surface area contributed by atoms with Gasteiger partial charge in [0.05, 0.1) is 13.7 Å². The molecule has 1 aromatic carbocycles. The highest BCUT2D eigenvalue weighted by Crippen LogP contribution is 2.23. The van der Waals surface area contributed by atoms with Crippen molar-refractivity contribution in [2.24, 2.45) is 0 Å². The number of nitrogens with one attached hydrogen (secondary N) is 1. The van der Waals surface area contributed by atoms with Gasteiger partial charge in [-0.3, -0.25) is 4.90 Å². The van der Waals surface area contributed by atoms with Gasteiger partial charge in [-0.25, -0.2) is 4.79 Å². The zero-order chi connectivity index (χ0) is 16.2. The van der Waals surface area contributed by atoms with Crippen molar-refractivity contribution in [1.82, 2.24) is 9.88 Å². The van der Waals surface area contributed by atoms with Gasteiger partial charge < -0.3 is 14.5 Å². The smallest absolute Gasteiger partial charge is 0.437 e. The molecule has 0 amide bonds. The predicted molar refractivity (Wildman–Crippen MR) is 92.3 cm³/mol. The highest BCUT2D eigenvalue weighted by atomic mass is 79.9. The third-order valence-corrected chi connectivity index (χ3v) is 4.50. The summed E-state index contributed by atoms with van der Waals surface area (Å²) in [5, 5.41) is 1.25. The van der Waals surface area contributed by atoms with Gasteiger partial charge in [-0.1, -0.05) is 15.9 Å². The molecule has 0 aliphatic carbocycles. The summed E-state index contributed by atoms with van der Waals surface area (Å²) in [5.41, 5.74) is 2.45. The van der Waals surface area contributed by atoms with Crippen molar-refractivity contribution >= 4 is 33.0 Å². The second-order valence-electron chi connectivity index (χ2n) is 5.55. The first kappa shape index (κ1) is 16.1. The molecule has 1 aromatic heterocycles. The second kappa shape index (κ2) is 7.19. The molecule has 1 N–H and O–H groups in total. The van der Waals surface area contributed by atoms with E-state index < -0.39 is 6.16 Å². The normalized spacial score (nSPS) is 15.5. The Morgan fingerprint density at radius 2 is 2.30 bits per heavy atom. The van der Waals surface area contributed by atoms with Gasteiger partial charge in [0.25, 0.3) is 0 Å². The van der Waals surface area contributed by atoms with E-state index in [-0.39, 0.29) is 0 Å². The lowest BCUT2D eigenvalue weighted by atomic mass is 10.1. The molecule has 0 spiro atoms. The Morgan fingerprint density at radius 3 is 3.13 bits per heavy atom. The zero-order valence-corrected chi connectivity index (χ0v) is 14.6. The summed E-state index contributed by atoms with van der Waals surface area (Å²) in [4.78, 5) is 16.8. The first-order valence-corrected chi connectivity index (χ1v) is 8.37. The lowest BCUT2D eigenvalue weighted by Crippen LogP contribution is -2.33. The van der Waals surface area contributed by atoms with Crippen molar-refractivity contribution in [3.05, 3.63) is 46.3 Å². The Morgan fingerprint density at radius 1 is 1.43 bits per heavy atom. The molecule has 0 saturated heterocycles. The Kier molecular flexibility index (Phi) is 5.03. The Labute approximate surface area is 143 Å². The van der Waals surface area contributed by atoms with Gasteiger partial charge in [0.2, 0.25) is 0 Å². The molecule has 122 valence electrons. The second-order valence-corrected chi connectivity index (χ2v) is 6.46. The summed E-state index contributed by atoms with van der Waals surface area (Å²) in [7, 11) is 1.32. The van der Waals surface area contributed by atoms with Crippen molar-refractivity contribution in [2.75, 3.05) is 26.7 Å². The van der Waals surface area contributed by atoms with Crippen LogP contribution in [-0.2, 0) is 15.9 Å². The van der Waals surface area contributed by atoms with E-state index in [1.54, 1.807) is 0 Å². The molecule has 5 nitrogen and oxygen atoms in total. The molecule has 6 heteroatoms. The van der Waals surface area contributed by atoms with Crippen molar-refractivity contribution in [3.8, 4) is 0 Å². The number of benzene rings is 1. The van der Waals surface area contributed by atoms with E-state index in [4.69, 9.17) is 4.74 Å². The predicted octanol–water partition coefficient (Wildman–Crippen LogP) is 3.85. The fraction of sp³-hybridized carbons (Fsp3) is 0.353. The Hall–Kier alpha value is -1.79. The summed E-state index contributed by atoms with van der Waals surface area (Å²) >= 11 is 3.52. The van der Waals surface area contributed by atoms with Crippen LogP contribution in [-0.4, -0.2) is 42.8 Å². The molecule has 0 fully saturated rings. The van der Waals surface area contributed by atoms with Crippen molar-refractivity contribution in [1.29, 1.82) is 0 Å². The molecule has 0 radical (unpaired) electrons. The number of carbonyl (C=O) groups excluding carboxylic acids is 1. The van der Waals surface area contributed by atoms with Gasteiger partial charge in [-0.15, -0.1) is 0 Å². The highest BCUT2D eigenvalue weighted by Gasteiger charge is 2.17. The van der Waals surface area contributed by atoms with Crippen LogP contribution in [0.5, 0.6) is 0 Å². The minimum absolute atomic E-state index is 0.640. The summed E-state index contributed by atoms with van der Waals surface area (Å²) in [5.74, 6) is 0.671. The van der Waals surface area contributed by atoms with Crippen LogP contribution in [0.25, 0.3) is 10.9 Å². The van der Waals surface area contributed by atoms with Crippen LogP contribution in [0.2, 0.25) is 0 Å². The van der Waals surface area contributed by atoms with Gasteiger partial charge in [-0.2, -0.15) is 0 Å². The fourth-order valence-corrected chi connectivity index (χ4v) is 3.18. The summed E-state index contributed by atoms with van der Waals surface area (Å²) in [6.45, 7) is 2.53. The number of rotatable bonds is 4. The number of ether oxygens (including phenoxy) is 2. The van der Waals surface area contributed by atoms with Gasteiger partial charge in [0.15, 0.2) is 0 Å². The van der Waals surface area contributed by atoms with E-state index in [2.05, 4.69) is 48.9 Å². The highest BCUT2D eigenvalue weighted by molar-refractivity contribution is 9.10. The SMILES string of the molecule is COC(=O)OC1=CCCN(CCc2c[nH]c3ccc(Br)cc23)C1. The van der Waals surface area contributed by atoms with E-state index >= 15 is 0 Å². The minimum atomic E-state index is -0.653. The number of H-pyrrole nitrogens is 1. The zero-order valence-electron chi connectivity index (χ0n) is 13.0. The first-order chi connectivity index (χ1) is 11.2. The minimum Gasteiger partial charge on any atom is -0.437 e. The van der Waals surface area contributed by atoms with Crippen LogP contribution in [0.4, 0.5) is 4.79 Å². The number of aromatic nitrogens is 1. The molecule has 0 saturated carbocycles. The maximum Gasteiger partial charge on any atom is 0.513 e. The third kappa shape index (κ3) is 3.95. The molecule has 2 aromatic rings. The lowest BCUT2D eigenvalue weighted by Gasteiger charge is -2.26. The van der Waals surface area contributed by atoms with Crippen LogP contribution in [0.3, 0.4) is 0 Å². The number of nitrogens with zero attached hydrogens (tertiary/aromatic N) is 1. The fourth-order valence-electron chi connectivity index (χ4n) is 2.82. The number of hydrogen-bond donors (Lipinski definition) is 1. The number of aromatic amines is 1. The molecular formula is C17H19BrN2O3. The molecule has 3 rings (SSSR count). The van der Waals surface area contributed by atoms with E-state index in [0.29, 0.717) is 12.3 Å². The Balaban J connectivity index is 1.61. The van der Waals surface area contributed by atoms with Gasteiger partial charge in [0, 0.05) is 34.7 Å². The van der Waals surface area contributed by atoms with Gasteiger partial charge in [0.1, 0.15) is 5.76 Å². The number of fused-ring (bicyclic) bond motifs is 1. The quantitative estimate of drug-likeness (QED) is 0.821. The monoisotopic (exact) mass is 378 g/mol. The van der Waals surface area contributed by atoms with E-state index in [1.165, 1.54) is 18.1 Å². The molecule has 2 heterocycles. The van der Waals surface area contributed by atoms with Crippen LogP contribution in [0.1, 0.15) is 12.0 Å². The first-order valence-electron chi connectivity index (χ1n) is 7.58. The molecule has 0 atom stereocenters. The van der Waals surface area contributed by atoms with Crippen molar-refractivity contribution < 1.29 is 14.3 Å². The van der Waals surface area contributed by atoms with E-state index in [1.807, 2.05) is 12.1 Å². The molecule has 0 unspecified atom stereocenters. The number of hydrogen-bond acceptors (Lipinski definition) is 4. The van der Waals surface area contributed by atoms with E-state index in [0.717, 1.165) is 35.9 Å². The van der Waals surface area contributed by atoms with Gasteiger partial charge in [-0.05, 0) is 42.7 Å². The summed E-state index contributed by atoms with van der Waals surface area (Å²) in [6, 6.07) is 6.26. The number of halogens is 1. The van der Waals surface area contributed by atoms with Crippen LogP contribution in [0, 0.1) is 0 Å². The molecule has 1 aliphatic heterocycles. The topological polar surface area (TPSA) is 54.6 Å². The standard InChI is InChI=1S/C17H19BrN2O3/c1-22-17(21)23-14-3-2-7-20(11-14)8-6-12-10-19-16-5-4-13(18)9-15(12)16/h3-5,9-10,19H,2,6-8,11H2,1H3. The lowest BCUT2D eigenvalue weighted by molar-refractivity contribution is 0.0874. The average Bonchev–Trinajstić information content (AvgIpc) is 2.95. The van der Waals surface area contributed by atoms with Crippen molar-refractivity contribution in [3.63, 3.8) is 0 Å². The maximum absolute atomic E-state index is 11.2. The van der Waals surface area contributed by atoms with Crippen LogP contribution >= 0.6 is 15.9 Å². The third-order valence-electron chi connectivity index (χ3n) is 4.00. The summed E-state index contributed by atoms with van der Waals surface area (Å²) in [6.07, 6.45) is 5.20. The van der Waals surface area contributed by atoms with Gasteiger partial charge >= 0.3 is 6.16 Å². The Bertz CT molecular complexity index is 739. The van der Waals surface area contributed by atoms with Crippen molar-refractivity contribution in [2.45, 2.75) is 12.8 Å². The molecule has 0 bridgehead atoms. The largest absolute Gasteiger partial charge is 0.513 e. The molecular weight excluding hydrogens is 360 g/mol. The van der Waals surface area contributed by atoms with Crippen LogP contribution in [0.15, 0.2) is 40.7 Å². The van der Waals surface area contributed by atoms with E-state index in [9.17, 15) is 4.79 Å². The maximum atomic E-state index is 11.2. The molecule has 1 aliphatic rings. The number of carbonyl (C=O) groups is 1. The average molecular weight is 379 g/mol. The van der Waals surface area contributed by atoms with Crippen LogP contribution < -0.4 is 0 Å². The molecule has 23 heavy (non-hydrogen) atoms. The summed E-state index contributed by atoms with van der Waals surface area (Å²) < 4.78 is 10.8. The number of methoxy groups -OCH3 is 1.